The number of rotatable bonds is 6. The van der Waals surface area contributed by atoms with Gasteiger partial charge in [0, 0.05) is 23.6 Å². The molecule has 0 radical (unpaired) electrons. The zero-order valence-corrected chi connectivity index (χ0v) is 27.6. The Hall–Kier alpha value is -4.97. The topological polar surface area (TPSA) is 166 Å². The number of aliphatic hydroxyl groups excluding tert-OH is 1. The molecule has 3 aliphatic heterocycles. The van der Waals surface area contributed by atoms with E-state index in [0.29, 0.717) is 11.5 Å². The SMILES string of the molecule is COC(=O)c1coc(-c2nc3oc2C24c5ccccc5N[C@H]2Oc2ccc(cc24)CC(CC(=O)[C@@H](O)C(C)C)C(=O)N[C@H]3C(C)(C)C)n1. The van der Waals surface area contributed by atoms with Gasteiger partial charge in [0.1, 0.15) is 29.6 Å². The number of anilines is 1. The number of Topliss-reactive ketones (excluding diaryl/α,β-unsaturated/α-hetero) is 1. The van der Waals surface area contributed by atoms with E-state index in [1.165, 1.54) is 13.4 Å². The summed E-state index contributed by atoms with van der Waals surface area (Å²) in [5, 5.41) is 17.2. The zero-order chi connectivity index (χ0) is 34.1. The lowest BCUT2D eigenvalue weighted by atomic mass is 9.72. The number of nitrogens with zero attached hydrogens (tertiary/aromatic N) is 2. The van der Waals surface area contributed by atoms with E-state index in [1.807, 2.05) is 63.2 Å². The van der Waals surface area contributed by atoms with Crippen LogP contribution in [-0.4, -0.2) is 52.2 Å². The fourth-order valence-corrected chi connectivity index (χ4v) is 6.99. The fourth-order valence-electron chi connectivity index (χ4n) is 6.99. The number of methoxy groups -OCH3 is 1. The first-order chi connectivity index (χ1) is 22.8. The van der Waals surface area contributed by atoms with Gasteiger partial charge in [0.25, 0.3) is 0 Å². The van der Waals surface area contributed by atoms with Crippen molar-refractivity contribution < 1.29 is 37.8 Å². The van der Waals surface area contributed by atoms with Crippen LogP contribution in [0.25, 0.3) is 11.6 Å². The molecule has 1 spiro atoms. The van der Waals surface area contributed by atoms with E-state index in [1.54, 1.807) is 13.8 Å². The quantitative estimate of drug-likeness (QED) is 0.241. The third-order valence-corrected chi connectivity index (χ3v) is 9.51. The molecule has 2 aromatic carbocycles. The van der Waals surface area contributed by atoms with Crippen LogP contribution in [0.2, 0.25) is 0 Å². The minimum atomic E-state index is -1.19. The number of hydrogen-bond acceptors (Lipinski definition) is 11. The molecule has 0 saturated heterocycles. The van der Waals surface area contributed by atoms with E-state index < -0.39 is 46.9 Å². The molecule has 12 heteroatoms. The van der Waals surface area contributed by atoms with Gasteiger partial charge in [0.2, 0.25) is 17.7 Å². The van der Waals surface area contributed by atoms with Crippen LogP contribution in [0.1, 0.15) is 85.9 Å². The molecular formula is C36H38N4O8. The molecule has 4 bridgehead atoms. The Morgan fingerprint density at radius 2 is 1.88 bits per heavy atom. The van der Waals surface area contributed by atoms with Gasteiger partial charge >= 0.3 is 5.97 Å². The van der Waals surface area contributed by atoms with Crippen molar-refractivity contribution in [3.05, 3.63) is 82.8 Å². The van der Waals surface area contributed by atoms with Gasteiger partial charge in [-0.15, -0.1) is 0 Å². The largest absolute Gasteiger partial charge is 0.469 e. The summed E-state index contributed by atoms with van der Waals surface area (Å²) in [7, 11) is 1.26. The third kappa shape index (κ3) is 4.88. The number of nitrogens with one attached hydrogen (secondary N) is 2. The summed E-state index contributed by atoms with van der Waals surface area (Å²) in [6.07, 6.45) is -0.550. The Bertz CT molecular complexity index is 1940. The summed E-state index contributed by atoms with van der Waals surface area (Å²) >= 11 is 0. The van der Waals surface area contributed by atoms with Gasteiger partial charge < -0.3 is 34.0 Å². The highest BCUT2D eigenvalue weighted by molar-refractivity contribution is 5.90. The third-order valence-electron chi connectivity index (χ3n) is 9.51. The lowest BCUT2D eigenvalue weighted by Crippen LogP contribution is -2.42. The van der Waals surface area contributed by atoms with E-state index in [-0.39, 0.29) is 47.8 Å². The number of esters is 1. The number of ether oxygens (including phenoxy) is 2. The molecule has 2 aromatic heterocycles. The molecule has 0 saturated carbocycles. The van der Waals surface area contributed by atoms with Crippen LogP contribution in [0.3, 0.4) is 0 Å². The van der Waals surface area contributed by atoms with Gasteiger partial charge in [-0.25, -0.2) is 14.8 Å². The normalized spacial score (nSPS) is 23.2. The Balaban J connectivity index is 1.49. The van der Waals surface area contributed by atoms with Gasteiger partial charge in [0.15, 0.2) is 29.2 Å². The van der Waals surface area contributed by atoms with Crippen molar-refractivity contribution in [2.75, 3.05) is 12.4 Å². The van der Waals surface area contributed by atoms with Crippen molar-refractivity contribution in [1.82, 2.24) is 15.3 Å². The molecular weight excluding hydrogens is 616 g/mol. The van der Waals surface area contributed by atoms with Gasteiger partial charge in [0.05, 0.1) is 7.11 Å². The number of para-hydroxylation sites is 1. The van der Waals surface area contributed by atoms with Gasteiger partial charge in [-0.2, -0.15) is 0 Å². The van der Waals surface area contributed by atoms with Gasteiger partial charge in [-0.05, 0) is 41.0 Å². The second-order valence-electron chi connectivity index (χ2n) is 14.2. The molecule has 7 rings (SSSR count). The summed E-state index contributed by atoms with van der Waals surface area (Å²) in [5.74, 6) is -1.34. The van der Waals surface area contributed by atoms with Crippen molar-refractivity contribution in [3.63, 3.8) is 0 Å². The molecule has 4 aromatic rings. The van der Waals surface area contributed by atoms with Gasteiger partial charge in [-0.3, -0.25) is 9.59 Å². The molecule has 3 aliphatic rings. The lowest BCUT2D eigenvalue weighted by Gasteiger charge is -2.32. The highest BCUT2D eigenvalue weighted by atomic mass is 16.5. The number of ketones is 1. The average molecular weight is 655 g/mol. The number of fused-ring (bicyclic) bond motifs is 4. The Kier molecular flexibility index (Phi) is 7.46. The van der Waals surface area contributed by atoms with Crippen LogP contribution in [0.4, 0.5) is 5.69 Å². The molecule has 0 fully saturated rings. The van der Waals surface area contributed by atoms with Crippen LogP contribution in [0.5, 0.6) is 5.75 Å². The van der Waals surface area contributed by atoms with E-state index in [2.05, 4.69) is 15.6 Å². The summed E-state index contributed by atoms with van der Waals surface area (Å²) in [5.41, 5.74) is 1.76. The van der Waals surface area contributed by atoms with E-state index >= 15 is 0 Å². The number of oxazole rings is 2. The predicted octanol–water partition coefficient (Wildman–Crippen LogP) is 4.95. The predicted molar refractivity (Wildman–Crippen MR) is 172 cm³/mol. The number of aliphatic hydroxyl groups is 1. The first-order valence-corrected chi connectivity index (χ1v) is 16.1. The van der Waals surface area contributed by atoms with Crippen LogP contribution in [0.15, 0.2) is 57.6 Å². The highest BCUT2D eigenvalue weighted by Crippen LogP contribution is 2.59. The van der Waals surface area contributed by atoms with Crippen molar-refractivity contribution in [2.45, 2.75) is 71.2 Å². The average Bonchev–Trinajstić information content (AvgIpc) is 3.82. The lowest BCUT2D eigenvalue weighted by molar-refractivity contribution is -0.135. The monoisotopic (exact) mass is 654 g/mol. The zero-order valence-electron chi connectivity index (χ0n) is 27.6. The number of amides is 1. The molecule has 2 unspecified atom stereocenters. The van der Waals surface area contributed by atoms with Crippen LogP contribution < -0.4 is 15.4 Å². The van der Waals surface area contributed by atoms with Crippen molar-refractivity contribution >= 4 is 23.3 Å². The minimum Gasteiger partial charge on any atom is -0.469 e. The second-order valence-corrected chi connectivity index (χ2v) is 14.2. The first-order valence-electron chi connectivity index (χ1n) is 16.1. The Morgan fingerprint density at radius 3 is 2.60 bits per heavy atom. The highest BCUT2D eigenvalue weighted by Gasteiger charge is 2.61. The Labute approximate surface area is 277 Å². The first kappa shape index (κ1) is 31.6. The number of aromatic nitrogens is 2. The molecule has 12 nitrogen and oxygen atoms in total. The minimum absolute atomic E-state index is 0.0301. The maximum Gasteiger partial charge on any atom is 0.360 e. The molecule has 1 amide bonds. The van der Waals surface area contributed by atoms with Gasteiger partial charge in [-0.1, -0.05) is 65.0 Å². The fraction of sp³-hybridized carbons (Fsp3) is 0.417. The van der Waals surface area contributed by atoms with E-state index in [9.17, 15) is 19.5 Å². The van der Waals surface area contributed by atoms with Crippen LogP contribution in [0, 0.1) is 17.3 Å². The summed E-state index contributed by atoms with van der Waals surface area (Å²) in [6, 6.07) is 12.8. The number of benzene rings is 2. The van der Waals surface area contributed by atoms with Crippen LogP contribution in [-0.2, 0) is 26.2 Å². The summed E-state index contributed by atoms with van der Waals surface area (Å²) < 4.78 is 24.1. The Morgan fingerprint density at radius 1 is 1.10 bits per heavy atom. The number of carbonyl (C=O) groups is 3. The second kappa shape index (κ2) is 11.3. The molecule has 5 heterocycles. The van der Waals surface area contributed by atoms with Crippen molar-refractivity contribution in [1.29, 1.82) is 0 Å². The smallest absolute Gasteiger partial charge is 0.360 e. The summed E-state index contributed by atoms with van der Waals surface area (Å²) in [6.45, 7) is 9.38. The van der Waals surface area contributed by atoms with Crippen molar-refractivity contribution in [2.24, 2.45) is 17.3 Å². The molecule has 250 valence electrons. The van der Waals surface area contributed by atoms with E-state index in [0.717, 1.165) is 22.4 Å². The molecule has 5 atom stereocenters. The molecule has 0 aliphatic carbocycles. The molecule has 48 heavy (non-hydrogen) atoms. The maximum atomic E-state index is 14.2. The van der Waals surface area contributed by atoms with Crippen molar-refractivity contribution in [3.8, 4) is 17.3 Å². The number of carbonyl (C=O) groups excluding carboxylic acids is 3. The summed E-state index contributed by atoms with van der Waals surface area (Å²) in [4.78, 5) is 49.1. The maximum absolute atomic E-state index is 14.2. The standard InChI is InChI=1S/C36H38N4O8/c1-17(2)27(42)24(41)15-19-13-18-11-12-25-21(14-18)36(20-9-7-8-10-22(20)38-34(36)47-25)29-26(31-37-23(16-46-31)33(44)45-6)39-32(48-29)28(35(3,4)5)40-30(19)43/h7-12,14,16-17,19,27-28,34,38,42H,13,15H2,1-6H3,(H,40,43)/t19?,27-,28+,34-,36?/m0/s1. The molecule has 3 N–H and O–H groups in total. The number of hydrogen-bond donors (Lipinski definition) is 3. The van der Waals surface area contributed by atoms with Crippen LogP contribution >= 0.6 is 0 Å². The van der Waals surface area contributed by atoms with E-state index in [4.69, 9.17) is 23.3 Å².